The van der Waals surface area contributed by atoms with Crippen molar-refractivity contribution in [1.29, 1.82) is 0 Å². The minimum absolute atomic E-state index is 0.0745. The average Bonchev–Trinajstić information content (AvgIpc) is 3.22. The predicted molar refractivity (Wildman–Crippen MR) is 95.0 cm³/mol. The first-order chi connectivity index (χ1) is 11.8. The largest absolute Gasteiger partial charge is 0.294 e. The first-order valence-electron chi connectivity index (χ1n) is 7.80. The van der Waals surface area contributed by atoms with Crippen LogP contribution in [0.25, 0.3) is 11.1 Å². The van der Waals surface area contributed by atoms with Gasteiger partial charge in [0.25, 0.3) is 0 Å². The second-order valence-corrected chi connectivity index (χ2v) is 6.66. The van der Waals surface area contributed by atoms with Crippen LogP contribution in [-0.4, -0.2) is 26.4 Å². The molecule has 1 aromatic heterocycles. The third-order valence-electron chi connectivity index (χ3n) is 3.94. The van der Waals surface area contributed by atoms with Crippen LogP contribution in [0, 0.1) is 0 Å². The van der Waals surface area contributed by atoms with Crippen molar-refractivity contribution in [3.8, 4) is 11.1 Å². The van der Waals surface area contributed by atoms with Crippen LogP contribution < -0.4 is 5.32 Å². The number of thioether (sulfide) groups is 1. The Morgan fingerprint density at radius 2 is 1.79 bits per heavy atom. The maximum absolute atomic E-state index is 12.2. The normalized spacial score (nSPS) is 12.8. The van der Waals surface area contributed by atoms with Crippen molar-refractivity contribution in [3.05, 3.63) is 60.2 Å². The first kappa shape index (κ1) is 15.0. The molecule has 24 heavy (non-hydrogen) atoms. The van der Waals surface area contributed by atoms with Crippen LogP contribution in [0.3, 0.4) is 0 Å². The van der Waals surface area contributed by atoms with E-state index in [1.165, 1.54) is 5.56 Å². The summed E-state index contributed by atoms with van der Waals surface area (Å²) in [6.45, 7) is 0.842. The maximum Gasteiger partial charge on any atom is 0.231 e. The van der Waals surface area contributed by atoms with Gasteiger partial charge in [-0.25, -0.2) is 0 Å². The van der Waals surface area contributed by atoms with Crippen LogP contribution >= 0.6 is 11.8 Å². The molecular formula is C18H16N4OS. The molecule has 5 nitrogen and oxygen atoms in total. The quantitative estimate of drug-likeness (QED) is 0.795. The number of aromatic nitrogens is 3. The molecular weight excluding hydrogens is 320 g/mol. The second kappa shape index (κ2) is 6.49. The number of fused-ring (bicyclic) bond motifs is 1. The molecule has 1 aliphatic rings. The summed E-state index contributed by atoms with van der Waals surface area (Å²) in [5.41, 5.74) is 3.29. The zero-order valence-electron chi connectivity index (χ0n) is 13.0. The number of hydrogen-bond donors (Lipinski definition) is 1. The van der Waals surface area contributed by atoms with Gasteiger partial charge >= 0.3 is 0 Å². The number of carbonyl (C=O) groups excluding carboxylic acids is 1. The van der Waals surface area contributed by atoms with Gasteiger partial charge in [-0.15, -0.1) is 10.2 Å². The molecule has 0 saturated carbocycles. The Morgan fingerprint density at radius 1 is 1.04 bits per heavy atom. The van der Waals surface area contributed by atoms with E-state index < -0.39 is 0 Å². The van der Waals surface area contributed by atoms with E-state index in [9.17, 15) is 4.79 Å². The Bertz CT molecular complexity index is 858. The topological polar surface area (TPSA) is 59.8 Å². The zero-order valence-corrected chi connectivity index (χ0v) is 13.8. The van der Waals surface area contributed by atoms with Gasteiger partial charge in [-0.2, -0.15) is 0 Å². The molecule has 1 aliphatic heterocycles. The second-order valence-electron chi connectivity index (χ2n) is 5.59. The lowest BCUT2D eigenvalue weighted by Crippen LogP contribution is -2.17. The van der Waals surface area contributed by atoms with Gasteiger partial charge < -0.3 is 0 Å². The number of carbonyl (C=O) groups is 1. The summed E-state index contributed by atoms with van der Waals surface area (Å²) in [5, 5.41) is 11.8. The monoisotopic (exact) mass is 336 g/mol. The van der Waals surface area contributed by atoms with Crippen molar-refractivity contribution in [1.82, 2.24) is 14.8 Å². The fourth-order valence-electron chi connectivity index (χ4n) is 2.72. The molecule has 0 saturated heterocycles. The lowest BCUT2D eigenvalue weighted by Gasteiger charge is -2.06. The molecule has 6 heteroatoms. The van der Waals surface area contributed by atoms with E-state index in [1.54, 1.807) is 11.8 Å². The maximum atomic E-state index is 12.2. The number of rotatable bonds is 4. The Balaban J connectivity index is 1.42. The third-order valence-corrected chi connectivity index (χ3v) is 4.89. The summed E-state index contributed by atoms with van der Waals surface area (Å²) < 4.78 is 1.95. The molecule has 1 N–H and O–H groups in total. The van der Waals surface area contributed by atoms with Crippen LogP contribution in [0.5, 0.6) is 0 Å². The predicted octanol–water partition coefficient (Wildman–Crippen LogP) is 3.23. The van der Waals surface area contributed by atoms with E-state index in [4.69, 9.17) is 0 Å². The SMILES string of the molecule is O=C(Cc1ccc(-c2ccccc2)cc1)Nc1nnc2n1CCS2. The number of anilines is 1. The van der Waals surface area contributed by atoms with Crippen molar-refractivity contribution < 1.29 is 4.79 Å². The fourth-order valence-corrected chi connectivity index (χ4v) is 3.61. The molecule has 2 aromatic carbocycles. The van der Waals surface area contributed by atoms with Crippen molar-refractivity contribution in [3.63, 3.8) is 0 Å². The number of nitrogens with one attached hydrogen (secondary N) is 1. The smallest absolute Gasteiger partial charge is 0.231 e. The van der Waals surface area contributed by atoms with Gasteiger partial charge in [0.15, 0.2) is 5.16 Å². The fraction of sp³-hybridized carbons (Fsp3) is 0.167. The van der Waals surface area contributed by atoms with Crippen molar-refractivity contribution in [2.24, 2.45) is 0 Å². The molecule has 120 valence electrons. The summed E-state index contributed by atoms with van der Waals surface area (Å²) in [7, 11) is 0. The van der Waals surface area contributed by atoms with E-state index in [0.29, 0.717) is 12.4 Å². The molecule has 0 fully saturated rings. The van der Waals surface area contributed by atoms with E-state index in [1.807, 2.05) is 47.0 Å². The Hall–Kier alpha value is -2.60. The number of nitrogens with zero attached hydrogens (tertiary/aromatic N) is 3. The summed E-state index contributed by atoms with van der Waals surface area (Å²) in [6.07, 6.45) is 0.324. The molecule has 0 aliphatic carbocycles. The van der Waals surface area contributed by atoms with Crippen LogP contribution in [-0.2, 0) is 17.8 Å². The number of hydrogen-bond acceptors (Lipinski definition) is 4. The van der Waals surface area contributed by atoms with Crippen LogP contribution in [0.1, 0.15) is 5.56 Å². The molecule has 1 amide bonds. The molecule has 0 unspecified atom stereocenters. The highest BCUT2D eigenvalue weighted by molar-refractivity contribution is 7.99. The van der Waals surface area contributed by atoms with Gasteiger partial charge in [0, 0.05) is 12.3 Å². The zero-order chi connectivity index (χ0) is 16.4. The average molecular weight is 336 g/mol. The van der Waals surface area contributed by atoms with Crippen molar-refractivity contribution in [2.45, 2.75) is 18.1 Å². The summed E-state index contributed by atoms with van der Waals surface area (Å²) >= 11 is 1.66. The summed E-state index contributed by atoms with van der Waals surface area (Å²) in [6, 6.07) is 18.3. The minimum atomic E-state index is -0.0745. The molecule has 3 aromatic rings. The standard InChI is InChI=1S/C18H16N4OS/c23-16(19-17-20-21-18-22(17)10-11-24-18)12-13-6-8-15(9-7-13)14-4-2-1-3-5-14/h1-9H,10-12H2,(H,19,20,23). The molecule has 0 spiro atoms. The highest BCUT2D eigenvalue weighted by Crippen LogP contribution is 2.26. The van der Waals surface area contributed by atoms with Gasteiger partial charge in [0.05, 0.1) is 6.42 Å². The van der Waals surface area contributed by atoms with Crippen LogP contribution in [0.4, 0.5) is 5.95 Å². The lowest BCUT2D eigenvalue weighted by molar-refractivity contribution is -0.115. The van der Waals surface area contributed by atoms with E-state index in [2.05, 4.69) is 27.6 Å². The lowest BCUT2D eigenvalue weighted by atomic mass is 10.0. The van der Waals surface area contributed by atoms with Gasteiger partial charge in [-0.3, -0.25) is 14.7 Å². The van der Waals surface area contributed by atoms with Gasteiger partial charge in [0.2, 0.25) is 11.9 Å². The van der Waals surface area contributed by atoms with Gasteiger partial charge in [0.1, 0.15) is 0 Å². The Morgan fingerprint density at radius 3 is 2.58 bits per heavy atom. The van der Waals surface area contributed by atoms with Crippen molar-refractivity contribution >= 4 is 23.6 Å². The van der Waals surface area contributed by atoms with Crippen LogP contribution in [0.15, 0.2) is 59.8 Å². The minimum Gasteiger partial charge on any atom is -0.294 e. The number of benzene rings is 2. The number of amides is 1. The molecule has 4 rings (SSSR count). The molecule has 0 radical (unpaired) electrons. The summed E-state index contributed by atoms with van der Waals surface area (Å²) in [5.74, 6) is 1.45. The summed E-state index contributed by atoms with van der Waals surface area (Å²) in [4.78, 5) is 12.2. The molecule has 2 heterocycles. The van der Waals surface area contributed by atoms with E-state index in [0.717, 1.165) is 28.6 Å². The molecule has 0 atom stereocenters. The van der Waals surface area contributed by atoms with Crippen molar-refractivity contribution in [2.75, 3.05) is 11.1 Å². The third kappa shape index (κ3) is 3.05. The highest BCUT2D eigenvalue weighted by Gasteiger charge is 2.19. The highest BCUT2D eigenvalue weighted by atomic mass is 32.2. The Labute approximate surface area is 144 Å². The van der Waals surface area contributed by atoms with E-state index in [-0.39, 0.29) is 5.91 Å². The molecule has 0 bridgehead atoms. The van der Waals surface area contributed by atoms with Crippen LogP contribution in [0.2, 0.25) is 0 Å². The Kier molecular flexibility index (Phi) is 4.04. The van der Waals surface area contributed by atoms with E-state index >= 15 is 0 Å². The van der Waals surface area contributed by atoms with Gasteiger partial charge in [-0.05, 0) is 16.7 Å². The van der Waals surface area contributed by atoms with Gasteiger partial charge in [-0.1, -0.05) is 66.4 Å². The first-order valence-corrected chi connectivity index (χ1v) is 8.78.